The van der Waals surface area contributed by atoms with Crippen LogP contribution in [-0.2, 0) is 14.3 Å². The van der Waals surface area contributed by atoms with Crippen molar-refractivity contribution in [1.82, 2.24) is 15.5 Å². The topological polar surface area (TPSA) is 87.7 Å². The zero-order valence-corrected chi connectivity index (χ0v) is 26.5. The van der Waals surface area contributed by atoms with Crippen LogP contribution in [0.4, 0.5) is 4.79 Å². The summed E-state index contributed by atoms with van der Waals surface area (Å²) < 4.78 is 5.48. The van der Waals surface area contributed by atoms with E-state index in [0.29, 0.717) is 25.3 Å². The molecule has 7 nitrogen and oxygen atoms in total. The smallest absolute Gasteiger partial charge is 0.408 e. The Morgan fingerprint density at radius 2 is 1.73 bits per heavy atom. The number of hydrogen-bond donors (Lipinski definition) is 2. The number of rotatable bonds is 19. The second-order valence-corrected chi connectivity index (χ2v) is 12.2. The Bertz CT molecular complexity index is 916. The lowest BCUT2D eigenvalue weighted by atomic mass is 9.99. The van der Waals surface area contributed by atoms with E-state index in [2.05, 4.69) is 31.1 Å². The minimum absolute atomic E-state index is 0.213. The maximum Gasteiger partial charge on any atom is 0.408 e. The van der Waals surface area contributed by atoms with Gasteiger partial charge in [-0.1, -0.05) is 83.2 Å². The van der Waals surface area contributed by atoms with Gasteiger partial charge in [0.25, 0.3) is 0 Å². The van der Waals surface area contributed by atoms with Crippen molar-refractivity contribution in [2.75, 3.05) is 25.1 Å². The number of hydrogen-bond acceptors (Lipinski definition) is 5. The van der Waals surface area contributed by atoms with Crippen LogP contribution in [0.2, 0.25) is 0 Å². The van der Waals surface area contributed by atoms with Crippen molar-refractivity contribution in [3.8, 4) is 0 Å². The predicted octanol–water partition coefficient (Wildman–Crippen LogP) is 7.12. The molecular weight excluding hydrogens is 522 g/mol. The third-order valence-corrected chi connectivity index (χ3v) is 7.13. The highest BCUT2D eigenvalue weighted by Crippen LogP contribution is 2.26. The van der Waals surface area contributed by atoms with E-state index in [1.807, 2.05) is 30.5 Å². The molecule has 1 rings (SSSR count). The summed E-state index contributed by atoms with van der Waals surface area (Å²) in [6.45, 7) is 14.5. The molecule has 0 saturated heterocycles. The SMILES string of the molecule is C=Cc1cccc(C(C(=O)NCCCC)N(CCCCCCCC)C(=O)C(CCSC)NC(=O)OC(C)(C)C)c1. The molecular formula is C32H53N3O4S. The van der Waals surface area contributed by atoms with Gasteiger partial charge < -0.3 is 20.3 Å². The highest BCUT2D eigenvalue weighted by molar-refractivity contribution is 7.98. The molecule has 2 unspecified atom stereocenters. The van der Waals surface area contributed by atoms with E-state index in [1.165, 1.54) is 6.42 Å². The van der Waals surface area contributed by atoms with Crippen molar-refractivity contribution in [2.45, 2.75) is 110 Å². The summed E-state index contributed by atoms with van der Waals surface area (Å²) >= 11 is 1.60. The highest BCUT2D eigenvalue weighted by atomic mass is 32.2. The van der Waals surface area contributed by atoms with Gasteiger partial charge in [-0.25, -0.2) is 4.79 Å². The number of carbonyl (C=O) groups is 3. The Balaban J connectivity index is 3.44. The average molecular weight is 576 g/mol. The molecule has 0 fully saturated rings. The zero-order valence-electron chi connectivity index (χ0n) is 25.7. The van der Waals surface area contributed by atoms with Gasteiger partial charge in [-0.3, -0.25) is 9.59 Å². The second-order valence-electron chi connectivity index (χ2n) is 11.2. The van der Waals surface area contributed by atoms with Gasteiger partial charge >= 0.3 is 6.09 Å². The molecule has 0 aliphatic heterocycles. The molecule has 0 bridgehead atoms. The lowest BCUT2D eigenvalue weighted by Crippen LogP contribution is -2.53. The number of thioether (sulfide) groups is 1. The second kappa shape index (κ2) is 19.6. The molecule has 0 heterocycles. The number of alkyl carbamates (subject to hydrolysis) is 1. The van der Waals surface area contributed by atoms with Crippen LogP contribution in [-0.4, -0.2) is 59.5 Å². The number of benzene rings is 1. The molecule has 8 heteroatoms. The van der Waals surface area contributed by atoms with Gasteiger partial charge in [-0.2, -0.15) is 11.8 Å². The van der Waals surface area contributed by atoms with E-state index in [1.54, 1.807) is 43.5 Å². The minimum Gasteiger partial charge on any atom is -0.444 e. The zero-order chi connectivity index (χ0) is 30.0. The van der Waals surface area contributed by atoms with Crippen LogP contribution < -0.4 is 10.6 Å². The quantitative estimate of drug-likeness (QED) is 0.172. The van der Waals surface area contributed by atoms with Crippen molar-refractivity contribution < 1.29 is 19.1 Å². The predicted molar refractivity (Wildman–Crippen MR) is 168 cm³/mol. The standard InChI is InChI=1S/C32H53N3O4S/c1-8-11-13-14-15-16-22-35(30(37)27(20-23-40-7)34-31(38)39-32(4,5)6)28(29(36)33-21-12-9-2)26-19-17-18-25(10-3)24-26/h10,17-19,24,27-28H,3,8-9,11-16,20-23H2,1-2,4-7H3,(H,33,36)(H,34,38). The lowest BCUT2D eigenvalue weighted by Gasteiger charge is -2.35. The maximum atomic E-state index is 14.3. The first kappa shape index (κ1) is 35.5. The van der Waals surface area contributed by atoms with E-state index in [0.717, 1.165) is 56.1 Å². The molecule has 0 aliphatic rings. The average Bonchev–Trinajstić information content (AvgIpc) is 2.91. The Labute approximate surface area is 247 Å². The Kier molecular flexibility index (Phi) is 17.4. The highest BCUT2D eigenvalue weighted by Gasteiger charge is 2.36. The first-order chi connectivity index (χ1) is 19.1. The van der Waals surface area contributed by atoms with Crippen molar-refractivity contribution in [2.24, 2.45) is 0 Å². The van der Waals surface area contributed by atoms with Crippen LogP contribution in [0.1, 0.15) is 110 Å². The Morgan fingerprint density at radius 3 is 2.35 bits per heavy atom. The molecule has 0 radical (unpaired) electrons. The summed E-state index contributed by atoms with van der Waals surface area (Å²) in [6.07, 6.45) is 11.6. The summed E-state index contributed by atoms with van der Waals surface area (Å²) in [6, 6.07) is 5.98. The number of amides is 3. The van der Waals surface area contributed by atoms with Crippen molar-refractivity contribution in [1.29, 1.82) is 0 Å². The van der Waals surface area contributed by atoms with Gasteiger partial charge in [0.15, 0.2) is 0 Å². The van der Waals surface area contributed by atoms with Gasteiger partial charge in [0.2, 0.25) is 11.8 Å². The molecule has 0 aromatic heterocycles. The fraction of sp³-hybridized carbons (Fsp3) is 0.656. The van der Waals surface area contributed by atoms with E-state index < -0.39 is 23.8 Å². The van der Waals surface area contributed by atoms with E-state index in [9.17, 15) is 14.4 Å². The van der Waals surface area contributed by atoms with Gasteiger partial charge in [0.05, 0.1) is 0 Å². The largest absolute Gasteiger partial charge is 0.444 e. The third-order valence-electron chi connectivity index (χ3n) is 6.49. The first-order valence-corrected chi connectivity index (χ1v) is 16.3. The number of nitrogens with one attached hydrogen (secondary N) is 2. The van der Waals surface area contributed by atoms with Crippen molar-refractivity contribution >= 4 is 35.7 Å². The van der Waals surface area contributed by atoms with E-state index in [4.69, 9.17) is 4.74 Å². The minimum atomic E-state index is -0.822. The van der Waals surface area contributed by atoms with Crippen LogP contribution in [0.3, 0.4) is 0 Å². The van der Waals surface area contributed by atoms with Gasteiger partial charge in [0, 0.05) is 13.1 Å². The van der Waals surface area contributed by atoms with Crippen molar-refractivity contribution in [3.05, 3.63) is 42.0 Å². The number of ether oxygens (including phenoxy) is 1. The van der Waals surface area contributed by atoms with Crippen LogP contribution in [0.25, 0.3) is 6.08 Å². The Morgan fingerprint density at radius 1 is 1.05 bits per heavy atom. The molecule has 1 aromatic carbocycles. The summed E-state index contributed by atoms with van der Waals surface area (Å²) in [5, 5.41) is 5.87. The molecule has 2 N–H and O–H groups in total. The van der Waals surface area contributed by atoms with Gasteiger partial charge in [-0.05, 0) is 69.2 Å². The Hall–Kier alpha value is -2.48. The fourth-order valence-electron chi connectivity index (χ4n) is 4.39. The van der Waals surface area contributed by atoms with E-state index in [-0.39, 0.29) is 11.8 Å². The monoisotopic (exact) mass is 575 g/mol. The molecule has 0 aliphatic carbocycles. The molecule has 40 heavy (non-hydrogen) atoms. The summed E-state index contributed by atoms with van der Waals surface area (Å²) in [5.41, 5.74) is 0.913. The number of unbranched alkanes of at least 4 members (excludes halogenated alkanes) is 6. The van der Waals surface area contributed by atoms with Crippen LogP contribution >= 0.6 is 11.8 Å². The van der Waals surface area contributed by atoms with Gasteiger partial charge in [-0.15, -0.1) is 0 Å². The lowest BCUT2D eigenvalue weighted by molar-refractivity contribution is -0.142. The third kappa shape index (κ3) is 13.7. The first-order valence-electron chi connectivity index (χ1n) is 14.9. The molecule has 226 valence electrons. The summed E-state index contributed by atoms with van der Waals surface area (Å²) in [5.74, 6) is 0.194. The molecule has 2 atom stereocenters. The maximum absolute atomic E-state index is 14.3. The van der Waals surface area contributed by atoms with E-state index >= 15 is 0 Å². The summed E-state index contributed by atoms with van der Waals surface area (Å²) in [4.78, 5) is 42.4. The number of nitrogens with zero attached hydrogens (tertiary/aromatic N) is 1. The molecule has 3 amide bonds. The molecule has 0 spiro atoms. The normalized spacial score (nSPS) is 12.8. The van der Waals surface area contributed by atoms with Crippen molar-refractivity contribution in [3.63, 3.8) is 0 Å². The fourth-order valence-corrected chi connectivity index (χ4v) is 4.86. The van der Waals surface area contributed by atoms with Gasteiger partial charge in [0.1, 0.15) is 17.7 Å². The number of carbonyl (C=O) groups excluding carboxylic acids is 3. The molecule has 0 saturated carbocycles. The van der Waals surface area contributed by atoms with Crippen LogP contribution in [0, 0.1) is 0 Å². The van der Waals surface area contributed by atoms with Crippen LogP contribution in [0.5, 0.6) is 0 Å². The van der Waals surface area contributed by atoms with Crippen LogP contribution in [0.15, 0.2) is 30.8 Å². The molecule has 1 aromatic rings. The summed E-state index contributed by atoms with van der Waals surface area (Å²) in [7, 11) is 0.